The molecule has 1 aromatic carbocycles. The molecular formula is C18H16BrClN4O3. The van der Waals surface area contributed by atoms with E-state index in [1.165, 1.54) is 13.3 Å². The number of hydrogen-bond acceptors (Lipinski definition) is 6. The molecule has 9 heteroatoms. The smallest absolute Gasteiger partial charge is 0.278 e. The number of halogens is 2. The molecule has 0 aliphatic carbocycles. The lowest BCUT2D eigenvalue weighted by molar-refractivity contribution is -0.123. The molecule has 0 radical (unpaired) electrons. The molecule has 0 unspecified atom stereocenters. The number of hydrogen-bond donors (Lipinski definition) is 1. The first-order chi connectivity index (χ1) is 13.0. The Balaban J connectivity index is 2.05. The van der Waals surface area contributed by atoms with Crippen molar-refractivity contribution in [2.75, 3.05) is 13.7 Å². The fourth-order valence-corrected chi connectivity index (χ4v) is 2.72. The topological polar surface area (TPSA) is 96.6 Å². The molecule has 0 saturated heterocycles. The summed E-state index contributed by atoms with van der Waals surface area (Å²) in [5, 5.41) is 13.8. The molecule has 140 valence electrons. The van der Waals surface area contributed by atoms with Gasteiger partial charge in [0.15, 0.2) is 6.61 Å². The second-order valence-electron chi connectivity index (χ2n) is 5.32. The predicted molar refractivity (Wildman–Crippen MR) is 105 cm³/mol. The lowest BCUT2D eigenvalue weighted by Crippen LogP contribution is -2.25. The van der Waals surface area contributed by atoms with Crippen LogP contribution < -0.4 is 10.2 Å². The van der Waals surface area contributed by atoms with Gasteiger partial charge in [-0.05, 0) is 28.9 Å². The van der Waals surface area contributed by atoms with Crippen LogP contribution in [0.5, 0.6) is 5.88 Å². The summed E-state index contributed by atoms with van der Waals surface area (Å²) in [5.74, 6) is -0.437. The van der Waals surface area contributed by atoms with Gasteiger partial charge in [0, 0.05) is 27.7 Å². The van der Waals surface area contributed by atoms with Crippen molar-refractivity contribution in [1.82, 2.24) is 10.4 Å². The van der Waals surface area contributed by atoms with E-state index < -0.39 is 5.91 Å². The number of carbonyl (C=O) groups is 1. The van der Waals surface area contributed by atoms with Gasteiger partial charge in [-0.25, -0.2) is 10.4 Å². The van der Waals surface area contributed by atoms with Crippen LogP contribution in [0.1, 0.15) is 22.4 Å². The maximum Gasteiger partial charge on any atom is 0.278 e. The van der Waals surface area contributed by atoms with Crippen LogP contribution in [0.3, 0.4) is 0 Å². The first kappa shape index (κ1) is 20.8. The molecule has 27 heavy (non-hydrogen) atoms. The Kier molecular flexibility index (Phi) is 7.73. The fourth-order valence-electron chi connectivity index (χ4n) is 2.13. The Morgan fingerprint density at radius 1 is 1.48 bits per heavy atom. The average Bonchev–Trinajstić information content (AvgIpc) is 2.65. The third-order valence-corrected chi connectivity index (χ3v) is 4.80. The molecule has 0 saturated carbocycles. The largest absolute Gasteiger partial charge is 0.467 e. The van der Waals surface area contributed by atoms with E-state index in [-0.39, 0.29) is 24.7 Å². The number of aromatic nitrogens is 1. The van der Waals surface area contributed by atoms with Gasteiger partial charge in [-0.2, -0.15) is 10.4 Å². The number of aryl methyl sites for hydroxylation is 1. The molecule has 1 heterocycles. The first-order valence-corrected chi connectivity index (χ1v) is 8.92. The van der Waals surface area contributed by atoms with Crippen LogP contribution in [0.15, 0.2) is 33.8 Å². The number of ether oxygens (including phenoxy) is 2. The van der Waals surface area contributed by atoms with Gasteiger partial charge in [-0.3, -0.25) is 4.79 Å². The Hall–Kier alpha value is -2.47. The van der Waals surface area contributed by atoms with Gasteiger partial charge in [-0.15, -0.1) is 0 Å². The molecule has 1 amide bonds. The molecule has 0 spiro atoms. The lowest BCUT2D eigenvalue weighted by Gasteiger charge is -2.13. The summed E-state index contributed by atoms with van der Waals surface area (Å²) in [6.07, 6.45) is 1.43. The van der Waals surface area contributed by atoms with Crippen molar-refractivity contribution in [2.24, 2.45) is 5.10 Å². The van der Waals surface area contributed by atoms with Crippen molar-refractivity contribution in [3.63, 3.8) is 0 Å². The molecule has 0 atom stereocenters. The summed E-state index contributed by atoms with van der Waals surface area (Å²) >= 11 is 9.39. The van der Waals surface area contributed by atoms with Gasteiger partial charge in [0.1, 0.15) is 11.6 Å². The van der Waals surface area contributed by atoms with Crippen LogP contribution in [-0.2, 0) is 16.1 Å². The van der Waals surface area contributed by atoms with Crippen molar-refractivity contribution in [1.29, 1.82) is 5.26 Å². The van der Waals surface area contributed by atoms with Crippen LogP contribution in [0.2, 0.25) is 5.02 Å². The second-order valence-corrected chi connectivity index (χ2v) is 6.52. The molecule has 0 aliphatic rings. The minimum Gasteiger partial charge on any atom is -0.467 e. The summed E-state index contributed by atoms with van der Waals surface area (Å²) < 4.78 is 11.2. The van der Waals surface area contributed by atoms with Crippen molar-refractivity contribution in [3.05, 3.63) is 56.1 Å². The zero-order valence-corrected chi connectivity index (χ0v) is 17.0. The number of benzene rings is 1. The number of rotatable bonds is 7. The Bertz CT molecular complexity index is 912. The Morgan fingerprint density at radius 3 is 2.89 bits per heavy atom. The molecule has 2 aromatic rings. The highest BCUT2D eigenvalue weighted by atomic mass is 79.9. The third kappa shape index (κ3) is 5.50. The highest BCUT2D eigenvalue weighted by Gasteiger charge is 2.18. The number of hydrazone groups is 1. The van der Waals surface area contributed by atoms with Gasteiger partial charge in [-0.1, -0.05) is 29.8 Å². The monoisotopic (exact) mass is 450 g/mol. The van der Waals surface area contributed by atoms with E-state index >= 15 is 0 Å². The van der Waals surface area contributed by atoms with Crippen molar-refractivity contribution < 1.29 is 14.3 Å². The van der Waals surface area contributed by atoms with Gasteiger partial charge in [0.05, 0.1) is 18.5 Å². The van der Waals surface area contributed by atoms with Gasteiger partial charge in [0.2, 0.25) is 5.88 Å². The molecule has 0 bridgehead atoms. The summed E-state index contributed by atoms with van der Waals surface area (Å²) in [4.78, 5) is 16.1. The van der Waals surface area contributed by atoms with E-state index in [0.717, 1.165) is 0 Å². The molecule has 1 aromatic heterocycles. The van der Waals surface area contributed by atoms with E-state index in [2.05, 4.69) is 31.4 Å². The lowest BCUT2D eigenvalue weighted by atomic mass is 10.1. The molecular weight excluding hydrogens is 436 g/mol. The third-order valence-electron chi connectivity index (χ3n) is 3.41. The van der Waals surface area contributed by atoms with Gasteiger partial charge < -0.3 is 9.47 Å². The SMILES string of the molecule is COCc1c(Br)c(C)nc(OCC(=O)N/N=C\c2ccccc2Cl)c1C#N. The Morgan fingerprint density at radius 2 is 2.22 bits per heavy atom. The van der Waals surface area contributed by atoms with Gasteiger partial charge >= 0.3 is 0 Å². The number of pyridine rings is 1. The molecule has 0 fully saturated rings. The van der Waals surface area contributed by atoms with E-state index in [9.17, 15) is 10.1 Å². The first-order valence-electron chi connectivity index (χ1n) is 7.75. The number of carbonyl (C=O) groups excluding carboxylic acids is 1. The van der Waals surface area contributed by atoms with Crippen LogP contribution in [0.4, 0.5) is 0 Å². The zero-order valence-electron chi connectivity index (χ0n) is 14.6. The van der Waals surface area contributed by atoms with Crippen LogP contribution >= 0.6 is 27.5 Å². The Labute approximate surface area is 170 Å². The standard InChI is InChI=1S/C18H16BrClN4O3/c1-11-17(19)14(9-26-2)13(7-21)18(23-11)27-10-16(25)24-22-8-12-5-3-4-6-15(12)20/h3-6,8H,9-10H2,1-2H3,(H,24,25)/b22-8-. The van der Waals surface area contributed by atoms with E-state index in [0.29, 0.717) is 26.3 Å². The summed E-state index contributed by atoms with van der Waals surface area (Å²) in [7, 11) is 1.52. The normalized spacial score (nSPS) is 10.6. The quantitative estimate of drug-likeness (QED) is 0.514. The highest BCUT2D eigenvalue weighted by Crippen LogP contribution is 2.29. The number of amides is 1. The summed E-state index contributed by atoms with van der Waals surface area (Å²) in [6, 6.07) is 9.12. The van der Waals surface area contributed by atoms with Gasteiger partial charge in [0.25, 0.3) is 5.91 Å². The summed E-state index contributed by atoms with van der Waals surface area (Å²) in [5.41, 5.74) is 4.44. The highest BCUT2D eigenvalue weighted by molar-refractivity contribution is 9.10. The summed E-state index contributed by atoms with van der Waals surface area (Å²) in [6.45, 7) is 1.61. The number of nitrogens with one attached hydrogen (secondary N) is 1. The van der Waals surface area contributed by atoms with Crippen LogP contribution in [-0.4, -0.2) is 30.8 Å². The van der Waals surface area contributed by atoms with E-state index in [1.54, 1.807) is 31.2 Å². The molecule has 2 rings (SSSR count). The minimum absolute atomic E-state index is 0.0653. The van der Waals surface area contributed by atoms with Crippen molar-refractivity contribution >= 4 is 39.7 Å². The maximum atomic E-state index is 11.9. The van der Waals surface area contributed by atoms with E-state index in [1.807, 2.05) is 6.07 Å². The molecule has 7 nitrogen and oxygen atoms in total. The van der Waals surface area contributed by atoms with Crippen LogP contribution in [0, 0.1) is 18.3 Å². The fraction of sp³-hybridized carbons (Fsp3) is 0.222. The van der Waals surface area contributed by atoms with Crippen molar-refractivity contribution in [3.8, 4) is 11.9 Å². The maximum absolute atomic E-state index is 11.9. The second kappa shape index (κ2) is 10.0. The average molecular weight is 452 g/mol. The molecule has 0 aliphatic heterocycles. The number of nitrogens with zero attached hydrogens (tertiary/aromatic N) is 3. The number of methoxy groups -OCH3 is 1. The minimum atomic E-state index is -0.502. The molecule has 1 N–H and O–H groups in total. The van der Waals surface area contributed by atoms with Crippen molar-refractivity contribution in [2.45, 2.75) is 13.5 Å². The van der Waals surface area contributed by atoms with Crippen LogP contribution in [0.25, 0.3) is 0 Å². The zero-order chi connectivity index (χ0) is 19.8. The van der Waals surface area contributed by atoms with E-state index in [4.69, 9.17) is 21.1 Å². The number of nitriles is 1. The predicted octanol–water partition coefficient (Wildman–Crippen LogP) is 3.35.